The molecule has 2 heterocycles. The molecule has 0 unspecified atom stereocenters. The van der Waals surface area contributed by atoms with Crippen molar-refractivity contribution in [3.05, 3.63) is 36.2 Å². The second-order valence-corrected chi connectivity index (χ2v) is 5.71. The third-order valence-corrected chi connectivity index (χ3v) is 2.57. The molecule has 1 N–H and O–H groups in total. The highest BCUT2D eigenvalue weighted by atomic mass is 19.1. The number of carbonyl (C=O) groups excluding carboxylic acids is 1. The zero-order valence-electron chi connectivity index (χ0n) is 12.8. The molecular weight excluding hydrogens is 287 g/mol. The van der Waals surface area contributed by atoms with Crippen LogP contribution in [0.25, 0.3) is 11.3 Å². The van der Waals surface area contributed by atoms with Gasteiger partial charge >= 0.3 is 6.09 Å². The van der Waals surface area contributed by atoms with Crippen LogP contribution in [0.4, 0.5) is 15.0 Å². The maximum atomic E-state index is 13.2. The normalized spacial score (nSPS) is 11.1. The first-order valence-electron chi connectivity index (χ1n) is 6.69. The van der Waals surface area contributed by atoms with Gasteiger partial charge in [0, 0.05) is 11.8 Å². The van der Waals surface area contributed by atoms with Crippen molar-refractivity contribution in [2.24, 2.45) is 0 Å². The highest BCUT2D eigenvalue weighted by molar-refractivity contribution is 5.84. The van der Waals surface area contributed by atoms with Crippen LogP contribution in [-0.4, -0.2) is 26.6 Å². The fraction of sp³-hybridized carbons (Fsp3) is 0.333. The molecule has 0 saturated carbocycles. The summed E-state index contributed by atoms with van der Waals surface area (Å²) in [6.07, 6.45) is 3.44. The lowest BCUT2D eigenvalue weighted by Gasteiger charge is -2.19. The number of aromatic nitrogens is 3. The number of nitrogens with one attached hydrogen (secondary N) is 1. The number of aryl methyl sites for hydroxylation is 1. The van der Waals surface area contributed by atoms with Crippen molar-refractivity contribution in [3.63, 3.8) is 0 Å². The van der Waals surface area contributed by atoms with Crippen LogP contribution in [0.1, 0.15) is 26.5 Å². The van der Waals surface area contributed by atoms with Gasteiger partial charge in [-0.1, -0.05) is 0 Å². The number of nitrogens with zero attached hydrogens (tertiary/aromatic N) is 3. The monoisotopic (exact) mass is 304 g/mol. The van der Waals surface area contributed by atoms with Gasteiger partial charge in [0.25, 0.3) is 0 Å². The first-order valence-corrected chi connectivity index (χ1v) is 6.69. The van der Waals surface area contributed by atoms with Gasteiger partial charge in [-0.2, -0.15) is 0 Å². The van der Waals surface area contributed by atoms with Crippen molar-refractivity contribution in [2.75, 3.05) is 5.32 Å². The van der Waals surface area contributed by atoms with Crippen molar-refractivity contribution in [3.8, 4) is 11.3 Å². The summed E-state index contributed by atoms with van der Waals surface area (Å²) < 4.78 is 18.3. The molecule has 0 aliphatic rings. The molecule has 0 saturated heterocycles. The number of hydrogen-bond donors (Lipinski definition) is 1. The van der Waals surface area contributed by atoms with Gasteiger partial charge in [-0.15, -0.1) is 0 Å². The van der Waals surface area contributed by atoms with Gasteiger partial charge in [-0.25, -0.2) is 19.2 Å². The van der Waals surface area contributed by atoms with Crippen LogP contribution in [0.2, 0.25) is 0 Å². The van der Waals surface area contributed by atoms with Crippen LogP contribution in [0.15, 0.2) is 24.7 Å². The maximum absolute atomic E-state index is 13.2. The number of anilines is 1. The smallest absolute Gasteiger partial charge is 0.413 e. The Morgan fingerprint density at radius 3 is 2.59 bits per heavy atom. The van der Waals surface area contributed by atoms with Crippen LogP contribution in [0.3, 0.4) is 0 Å². The molecular formula is C15H17FN4O2. The Morgan fingerprint density at radius 2 is 2.00 bits per heavy atom. The van der Waals surface area contributed by atoms with Gasteiger partial charge < -0.3 is 4.74 Å². The Morgan fingerprint density at radius 1 is 1.27 bits per heavy atom. The molecule has 2 rings (SSSR count). The Bertz CT molecular complexity index is 698. The number of halogens is 1. The van der Waals surface area contributed by atoms with Crippen molar-refractivity contribution in [1.82, 2.24) is 15.0 Å². The van der Waals surface area contributed by atoms with Gasteiger partial charge in [0.1, 0.15) is 11.4 Å². The van der Waals surface area contributed by atoms with E-state index < -0.39 is 17.5 Å². The third kappa shape index (κ3) is 4.21. The Hall–Kier alpha value is -2.57. The molecule has 2 aromatic heterocycles. The summed E-state index contributed by atoms with van der Waals surface area (Å²) in [6, 6.07) is 1.32. The van der Waals surface area contributed by atoms with Gasteiger partial charge in [0.05, 0.1) is 23.8 Å². The molecule has 2 aromatic rings. The van der Waals surface area contributed by atoms with E-state index in [2.05, 4.69) is 20.3 Å². The van der Waals surface area contributed by atoms with Crippen LogP contribution in [-0.2, 0) is 4.74 Å². The van der Waals surface area contributed by atoms with Gasteiger partial charge in [0.2, 0.25) is 0 Å². The number of ether oxygens (including phenoxy) is 1. The summed E-state index contributed by atoms with van der Waals surface area (Å²) in [7, 11) is 0. The van der Waals surface area contributed by atoms with E-state index in [1.54, 1.807) is 27.7 Å². The molecule has 0 aliphatic carbocycles. The quantitative estimate of drug-likeness (QED) is 0.920. The number of carbonyl (C=O) groups is 1. The van der Waals surface area contributed by atoms with E-state index in [1.165, 1.54) is 18.5 Å². The number of pyridine rings is 1. The molecule has 0 aliphatic heterocycles. The third-order valence-electron chi connectivity index (χ3n) is 2.57. The van der Waals surface area contributed by atoms with E-state index in [4.69, 9.17) is 4.74 Å². The zero-order valence-corrected chi connectivity index (χ0v) is 12.8. The molecule has 6 nitrogen and oxygen atoms in total. The molecule has 0 aromatic carbocycles. The lowest BCUT2D eigenvalue weighted by atomic mass is 10.2. The molecule has 0 spiro atoms. The molecule has 22 heavy (non-hydrogen) atoms. The number of amides is 1. The second-order valence-electron chi connectivity index (χ2n) is 5.71. The molecule has 0 fully saturated rings. The van der Waals surface area contributed by atoms with Gasteiger partial charge in [-0.05, 0) is 33.8 Å². The number of rotatable bonds is 2. The van der Waals surface area contributed by atoms with Crippen molar-refractivity contribution in [1.29, 1.82) is 0 Å². The van der Waals surface area contributed by atoms with Crippen LogP contribution in [0, 0.1) is 12.7 Å². The minimum absolute atomic E-state index is 0.294. The standard InChI is InChI=1S/C15H17FN4O2/c1-9-13(20-14(21)22-15(2,3)4)18-8-12(19-9)10-5-11(16)7-17-6-10/h5-8H,1-4H3,(H,18,20,21). The lowest BCUT2D eigenvalue weighted by Crippen LogP contribution is -2.27. The average Bonchev–Trinajstić information content (AvgIpc) is 2.39. The van der Waals surface area contributed by atoms with Crippen molar-refractivity contribution >= 4 is 11.9 Å². The summed E-state index contributed by atoms with van der Waals surface area (Å²) in [4.78, 5) is 23.9. The van der Waals surface area contributed by atoms with E-state index in [0.29, 0.717) is 22.8 Å². The fourth-order valence-corrected chi connectivity index (χ4v) is 1.70. The van der Waals surface area contributed by atoms with Crippen LogP contribution in [0.5, 0.6) is 0 Å². The van der Waals surface area contributed by atoms with E-state index in [1.807, 2.05) is 0 Å². The van der Waals surface area contributed by atoms with Gasteiger partial charge in [-0.3, -0.25) is 10.3 Å². The maximum Gasteiger partial charge on any atom is 0.413 e. The highest BCUT2D eigenvalue weighted by Gasteiger charge is 2.17. The highest BCUT2D eigenvalue weighted by Crippen LogP contribution is 2.19. The lowest BCUT2D eigenvalue weighted by molar-refractivity contribution is 0.0635. The average molecular weight is 304 g/mol. The van der Waals surface area contributed by atoms with E-state index in [9.17, 15) is 9.18 Å². The molecule has 0 atom stereocenters. The SMILES string of the molecule is Cc1nc(-c2cncc(F)c2)cnc1NC(=O)OC(C)(C)C. The fourth-order valence-electron chi connectivity index (χ4n) is 1.70. The van der Waals surface area contributed by atoms with E-state index >= 15 is 0 Å². The molecule has 1 amide bonds. The van der Waals surface area contributed by atoms with Gasteiger partial charge in [0.15, 0.2) is 5.82 Å². The first kappa shape index (κ1) is 15.8. The largest absolute Gasteiger partial charge is 0.444 e. The molecule has 7 heteroatoms. The van der Waals surface area contributed by atoms with E-state index in [0.717, 1.165) is 6.20 Å². The molecule has 0 bridgehead atoms. The first-order chi connectivity index (χ1) is 10.2. The topological polar surface area (TPSA) is 77.0 Å². The van der Waals surface area contributed by atoms with Crippen LogP contribution >= 0.6 is 0 Å². The Balaban J connectivity index is 2.18. The Labute approximate surface area is 127 Å². The second kappa shape index (κ2) is 6.05. The molecule has 116 valence electrons. The predicted octanol–water partition coefficient (Wildman–Crippen LogP) is 3.33. The van der Waals surface area contributed by atoms with Crippen molar-refractivity contribution in [2.45, 2.75) is 33.3 Å². The summed E-state index contributed by atoms with van der Waals surface area (Å²) in [5.41, 5.74) is 0.879. The summed E-state index contributed by atoms with van der Waals surface area (Å²) in [6.45, 7) is 7.00. The predicted molar refractivity (Wildman–Crippen MR) is 79.8 cm³/mol. The van der Waals surface area contributed by atoms with Crippen molar-refractivity contribution < 1.29 is 13.9 Å². The summed E-state index contributed by atoms with van der Waals surface area (Å²) in [5.74, 6) is -0.157. The summed E-state index contributed by atoms with van der Waals surface area (Å²) >= 11 is 0. The van der Waals surface area contributed by atoms with E-state index in [-0.39, 0.29) is 0 Å². The summed E-state index contributed by atoms with van der Waals surface area (Å²) in [5, 5.41) is 2.53. The minimum atomic E-state index is -0.606. The molecule has 0 radical (unpaired) electrons. The number of hydrogen-bond acceptors (Lipinski definition) is 5. The Kier molecular flexibility index (Phi) is 4.35. The minimum Gasteiger partial charge on any atom is -0.444 e. The van der Waals surface area contributed by atoms with Crippen LogP contribution < -0.4 is 5.32 Å². The zero-order chi connectivity index (χ0) is 16.3.